The fraction of sp³-hybridized carbons (Fsp3) is 0.929. The zero-order valence-corrected chi connectivity index (χ0v) is 11.2. The van der Waals surface area contributed by atoms with Crippen LogP contribution < -0.4 is 10.6 Å². The van der Waals surface area contributed by atoms with Crippen molar-refractivity contribution in [2.45, 2.75) is 63.5 Å². The first-order valence-electron chi connectivity index (χ1n) is 7.46. The zero-order chi connectivity index (χ0) is 12.6. The maximum absolute atomic E-state index is 11.7. The van der Waals surface area contributed by atoms with E-state index in [-0.39, 0.29) is 5.91 Å². The molecule has 2 N–H and O–H groups in total. The Morgan fingerprint density at radius 2 is 1.83 bits per heavy atom. The average molecular weight is 254 g/mol. The number of hydrogen-bond donors (Lipinski definition) is 2. The summed E-state index contributed by atoms with van der Waals surface area (Å²) in [6, 6.07) is 0.416. The summed E-state index contributed by atoms with van der Waals surface area (Å²) in [6.07, 6.45) is 10.00. The molecule has 1 saturated carbocycles. The van der Waals surface area contributed by atoms with Crippen molar-refractivity contribution >= 4 is 5.91 Å². The molecule has 1 heterocycles. The van der Waals surface area contributed by atoms with Crippen molar-refractivity contribution in [3.63, 3.8) is 0 Å². The molecule has 1 amide bonds. The third-order valence-corrected chi connectivity index (χ3v) is 3.90. The van der Waals surface area contributed by atoms with Crippen LogP contribution in [0.3, 0.4) is 0 Å². The van der Waals surface area contributed by atoms with Crippen molar-refractivity contribution in [2.75, 3.05) is 19.7 Å². The first-order valence-corrected chi connectivity index (χ1v) is 7.46. The Morgan fingerprint density at radius 1 is 1.06 bits per heavy atom. The van der Waals surface area contributed by atoms with E-state index in [1.165, 1.54) is 32.1 Å². The molecule has 0 radical (unpaired) electrons. The van der Waals surface area contributed by atoms with Crippen molar-refractivity contribution in [2.24, 2.45) is 0 Å². The summed E-state index contributed by atoms with van der Waals surface area (Å²) in [4.78, 5) is 11.7. The highest BCUT2D eigenvalue weighted by Gasteiger charge is 2.16. The summed E-state index contributed by atoms with van der Waals surface area (Å²) in [5.74, 6) is 0.137. The number of ether oxygens (including phenoxy) is 1. The standard InChI is InChI=1S/C14H26N2O2/c17-14(16-12-6-2-1-3-7-12)11-15-10-13-8-4-5-9-18-13/h12-13,15H,1-11H2,(H,16,17). The molecule has 0 bridgehead atoms. The molecule has 18 heavy (non-hydrogen) atoms. The van der Waals surface area contributed by atoms with Gasteiger partial charge in [-0.15, -0.1) is 0 Å². The second kappa shape index (κ2) is 7.74. The summed E-state index contributed by atoms with van der Waals surface area (Å²) >= 11 is 0. The van der Waals surface area contributed by atoms with E-state index in [1.807, 2.05) is 0 Å². The Balaban J connectivity index is 1.53. The molecule has 0 aromatic heterocycles. The van der Waals surface area contributed by atoms with Gasteiger partial charge in [0, 0.05) is 19.2 Å². The molecule has 0 aromatic rings. The lowest BCUT2D eigenvalue weighted by Crippen LogP contribution is -2.43. The lowest BCUT2D eigenvalue weighted by molar-refractivity contribution is -0.121. The molecule has 1 saturated heterocycles. The lowest BCUT2D eigenvalue weighted by Gasteiger charge is -2.24. The quantitative estimate of drug-likeness (QED) is 0.783. The van der Waals surface area contributed by atoms with Crippen LogP contribution in [-0.4, -0.2) is 37.7 Å². The van der Waals surface area contributed by atoms with E-state index in [2.05, 4.69) is 10.6 Å². The zero-order valence-electron chi connectivity index (χ0n) is 11.2. The topological polar surface area (TPSA) is 50.4 Å². The number of amides is 1. The first kappa shape index (κ1) is 13.8. The number of hydrogen-bond acceptors (Lipinski definition) is 3. The minimum absolute atomic E-state index is 0.137. The molecular formula is C14H26N2O2. The maximum atomic E-state index is 11.7. The summed E-state index contributed by atoms with van der Waals surface area (Å²) in [7, 11) is 0. The Kier molecular flexibility index (Phi) is 5.94. The van der Waals surface area contributed by atoms with Crippen LogP contribution in [0.5, 0.6) is 0 Å². The molecule has 0 aromatic carbocycles. The van der Waals surface area contributed by atoms with Gasteiger partial charge < -0.3 is 15.4 Å². The first-order chi connectivity index (χ1) is 8.84. The molecule has 0 spiro atoms. The maximum Gasteiger partial charge on any atom is 0.234 e. The van der Waals surface area contributed by atoms with Gasteiger partial charge in [0.15, 0.2) is 0 Å². The monoisotopic (exact) mass is 254 g/mol. The summed E-state index contributed by atoms with van der Waals surface area (Å²) in [5.41, 5.74) is 0. The summed E-state index contributed by atoms with van der Waals surface area (Å²) < 4.78 is 5.62. The predicted molar refractivity (Wildman–Crippen MR) is 71.5 cm³/mol. The van der Waals surface area contributed by atoms with Crippen molar-refractivity contribution in [1.29, 1.82) is 0 Å². The van der Waals surface area contributed by atoms with Crippen LogP contribution in [0.1, 0.15) is 51.4 Å². The Morgan fingerprint density at radius 3 is 2.56 bits per heavy atom. The van der Waals surface area contributed by atoms with Gasteiger partial charge in [-0.25, -0.2) is 0 Å². The number of rotatable bonds is 5. The van der Waals surface area contributed by atoms with Gasteiger partial charge in [0.2, 0.25) is 5.91 Å². The molecule has 1 atom stereocenters. The molecule has 2 rings (SSSR count). The summed E-state index contributed by atoms with van der Waals surface area (Å²) in [5, 5.41) is 6.32. The minimum Gasteiger partial charge on any atom is -0.377 e. The third-order valence-electron chi connectivity index (χ3n) is 3.90. The Bertz CT molecular complexity index is 246. The van der Waals surface area contributed by atoms with Gasteiger partial charge in [0.25, 0.3) is 0 Å². The lowest BCUT2D eigenvalue weighted by atomic mass is 9.95. The van der Waals surface area contributed by atoms with Gasteiger partial charge in [-0.2, -0.15) is 0 Å². The van der Waals surface area contributed by atoms with Crippen LogP contribution in [-0.2, 0) is 9.53 Å². The molecule has 1 unspecified atom stereocenters. The SMILES string of the molecule is O=C(CNCC1CCCCO1)NC1CCCCC1. The normalized spacial score (nSPS) is 25.9. The summed E-state index contributed by atoms with van der Waals surface area (Å²) in [6.45, 7) is 2.11. The molecule has 1 aliphatic carbocycles. The van der Waals surface area contributed by atoms with Gasteiger partial charge in [-0.05, 0) is 32.1 Å². The van der Waals surface area contributed by atoms with Crippen LogP contribution >= 0.6 is 0 Å². The highest BCUT2D eigenvalue weighted by Crippen LogP contribution is 2.17. The van der Waals surface area contributed by atoms with Crippen molar-refractivity contribution in [1.82, 2.24) is 10.6 Å². The van der Waals surface area contributed by atoms with E-state index in [9.17, 15) is 4.79 Å². The Labute approximate surface area is 110 Å². The largest absolute Gasteiger partial charge is 0.377 e. The van der Waals surface area contributed by atoms with Gasteiger partial charge in [0.05, 0.1) is 12.6 Å². The molecule has 104 valence electrons. The number of carbonyl (C=O) groups is 1. The highest BCUT2D eigenvalue weighted by molar-refractivity contribution is 5.78. The molecule has 4 heteroatoms. The van der Waals surface area contributed by atoms with Crippen molar-refractivity contribution in [3.05, 3.63) is 0 Å². The fourth-order valence-electron chi connectivity index (χ4n) is 2.84. The smallest absolute Gasteiger partial charge is 0.234 e. The molecule has 2 fully saturated rings. The van der Waals surface area contributed by atoms with E-state index in [0.717, 1.165) is 32.4 Å². The van der Waals surface area contributed by atoms with E-state index in [1.54, 1.807) is 0 Å². The highest BCUT2D eigenvalue weighted by atomic mass is 16.5. The third kappa shape index (κ3) is 4.94. The Hall–Kier alpha value is -0.610. The molecule has 1 aliphatic heterocycles. The van der Waals surface area contributed by atoms with Crippen molar-refractivity contribution in [3.8, 4) is 0 Å². The van der Waals surface area contributed by atoms with E-state index < -0.39 is 0 Å². The molecule has 4 nitrogen and oxygen atoms in total. The second-order valence-electron chi connectivity index (χ2n) is 5.52. The van der Waals surface area contributed by atoms with Crippen LogP contribution in [0.15, 0.2) is 0 Å². The molecular weight excluding hydrogens is 228 g/mol. The van der Waals surface area contributed by atoms with Crippen LogP contribution in [0, 0.1) is 0 Å². The van der Waals surface area contributed by atoms with Gasteiger partial charge in [0.1, 0.15) is 0 Å². The van der Waals surface area contributed by atoms with Gasteiger partial charge >= 0.3 is 0 Å². The van der Waals surface area contributed by atoms with Crippen LogP contribution in [0.2, 0.25) is 0 Å². The fourth-order valence-corrected chi connectivity index (χ4v) is 2.84. The van der Waals surface area contributed by atoms with E-state index in [0.29, 0.717) is 18.7 Å². The second-order valence-corrected chi connectivity index (χ2v) is 5.52. The number of carbonyl (C=O) groups excluding carboxylic acids is 1. The van der Waals surface area contributed by atoms with E-state index in [4.69, 9.17) is 4.74 Å². The predicted octanol–water partition coefficient (Wildman–Crippen LogP) is 1.59. The average Bonchev–Trinajstić information content (AvgIpc) is 2.41. The van der Waals surface area contributed by atoms with E-state index >= 15 is 0 Å². The van der Waals surface area contributed by atoms with Crippen LogP contribution in [0.25, 0.3) is 0 Å². The minimum atomic E-state index is 0.137. The van der Waals surface area contributed by atoms with Gasteiger partial charge in [-0.1, -0.05) is 19.3 Å². The number of nitrogens with one attached hydrogen (secondary N) is 2. The van der Waals surface area contributed by atoms with Crippen molar-refractivity contribution < 1.29 is 9.53 Å². The van der Waals surface area contributed by atoms with Crippen LogP contribution in [0.4, 0.5) is 0 Å². The van der Waals surface area contributed by atoms with Gasteiger partial charge in [-0.3, -0.25) is 4.79 Å². The molecule has 2 aliphatic rings.